The zero-order chi connectivity index (χ0) is 13.9. The van der Waals surface area contributed by atoms with Crippen LogP contribution < -0.4 is 15.8 Å². The highest BCUT2D eigenvalue weighted by molar-refractivity contribution is 7.99. The average Bonchev–Trinajstić information content (AvgIpc) is 2.41. The van der Waals surface area contributed by atoms with E-state index in [1.165, 1.54) is 0 Å². The molecule has 19 heavy (non-hydrogen) atoms. The highest BCUT2D eigenvalue weighted by Crippen LogP contribution is 2.07. The molecule has 5 heteroatoms. The molecule has 0 radical (unpaired) electrons. The van der Waals surface area contributed by atoms with Crippen LogP contribution in [0, 0.1) is 0 Å². The molecule has 1 unspecified atom stereocenters. The van der Waals surface area contributed by atoms with Crippen molar-refractivity contribution < 1.29 is 9.53 Å². The summed E-state index contributed by atoms with van der Waals surface area (Å²) in [5.41, 5.74) is 5.63. The van der Waals surface area contributed by atoms with Gasteiger partial charge in [-0.2, -0.15) is 11.8 Å². The Kier molecular flexibility index (Phi) is 8.09. The predicted octanol–water partition coefficient (Wildman–Crippen LogP) is 1.65. The molecule has 106 valence electrons. The number of nitrogens with two attached hydrogens (primary N) is 1. The summed E-state index contributed by atoms with van der Waals surface area (Å²) in [6.45, 7) is 2.99. The van der Waals surface area contributed by atoms with Crippen molar-refractivity contribution >= 4 is 17.7 Å². The first-order valence-electron chi connectivity index (χ1n) is 6.46. The predicted molar refractivity (Wildman–Crippen MR) is 80.5 cm³/mol. The van der Waals surface area contributed by atoms with Crippen molar-refractivity contribution in [3.8, 4) is 5.75 Å². The monoisotopic (exact) mass is 282 g/mol. The van der Waals surface area contributed by atoms with E-state index in [0.29, 0.717) is 18.9 Å². The fourth-order valence-electron chi connectivity index (χ4n) is 1.36. The molecule has 1 aromatic carbocycles. The molecular weight excluding hydrogens is 260 g/mol. The minimum absolute atomic E-state index is 0.0475. The average molecular weight is 282 g/mol. The van der Waals surface area contributed by atoms with Crippen molar-refractivity contribution in [2.45, 2.75) is 19.4 Å². The lowest BCUT2D eigenvalue weighted by molar-refractivity contribution is -0.118. The van der Waals surface area contributed by atoms with Gasteiger partial charge >= 0.3 is 0 Å². The molecule has 4 nitrogen and oxygen atoms in total. The Hall–Kier alpha value is -1.20. The summed E-state index contributed by atoms with van der Waals surface area (Å²) in [7, 11) is 0. The lowest BCUT2D eigenvalue weighted by Gasteiger charge is -2.08. The lowest BCUT2D eigenvalue weighted by Crippen LogP contribution is -2.29. The summed E-state index contributed by atoms with van der Waals surface area (Å²) < 4.78 is 5.48. The molecule has 0 aliphatic heterocycles. The van der Waals surface area contributed by atoms with Crippen molar-refractivity contribution in [2.75, 3.05) is 24.7 Å². The first-order chi connectivity index (χ1) is 9.18. The number of hydrogen-bond donors (Lipinski definition) is 2. The van der Waals surface area contributed by atoms with E-state index < -0.39 is 0 Å². The Balaban J connectivity index is 1.98. The van der Waals surface area contributed by atoms with Gasteiger partial charge in [-0.05, 0) is 31.2 Å². The van der Waals surface area contributed by atoms with E-state index in [0.717, 1.165) is 17.9 Å². The Morgan fingerprint density at radius 2 is 2.16 bits per heavy atom. The Morgan fingerprint density at radius 3 is 2.84 bits per heavy atom. The van der Waals surface area contributed by atoms with Gasteiger partial charge in [-0.1, -0.05) is 18.2 Å². The standard InChI is InChI=1S/C14H22N2O2S/c1-12(15)7-10-19-11-14(17)16-8-9-18-13-5-3-2-4-6-13/h2-6,12H,7-11,15H2,1H3,(H,16,17). The van der Waals surface area contributed by atoms with Gasteiger partial charge < -0.3 is 15.8 Å². The van der Waals surface area contributed by atoms with Gasteiger partial charge in [0.2, 0.25) is 5.91 Å². The lowest BCUT2D eigenvalue weighted by atomic mass is 10.3. The molecule has 0 aromatic heterocycles. The summed E-state index contributed by atoms with van der Waals surface area (Å²) in [5.74, 6) is 2.28. The number of carbonyl (C=O) groups is 1. The molecule has 0 bridgehead atoms. The third kappa shape index (κ3) is 8.51. The van der Waals surface area contributed by atoms with E-state index in [-0.39, 0.29) is 11.9 Å². The van der Waals surface area contributed by atoms with Crippen molar-refractivity contribution in [1.29, 1.82) is 0 Å². The summed E-state index contributed by atoms with van der Waals surface area (Å²) in [4.78, 5) is 11.5. The second kappa shape index (κ2) is 9.69. The molecule has 0 aliphatic carbocycles. The van der Waals surface area contributed by atoms with Crippen LogP contribution in [0.5, 0.6) is 5.75 Å². The first kappa shape index (κ1) is 15.9. The minimum Gasteiger partial charge on any atom is -0.492 e. The molecule has 1 atom stereocenters. The number of carbonyl (C=O) groups excluding carboxylic acids is 1. The van der Waals surface area contributed by atoms with Crippen LogP contribution in [0.1, 0.15) is 13.3 Å². The van der Waals surface area contributed by atoms with Crippen LogP contribution in [0.2, 0.25) is 0 Å². The molecule has 1 amide bonds. The second-order valence-electron chi connectivity index (χ2n) is 4.33. The fourth-order valence-corrected chi connectivity index (χ4v) is 2.33. The SMILES string of the molecule is CC(N)CCSCC(=O)NCCOc1ccccc1. The number of hydrogen-bond acceptors (Lipinski definition) is 4. The molecule has 0 saturated carbocycles. The molecule has 0 saturated heterocycles. The number of benzene rings is 1. The van der Waals surface area contributed by atoms with Crippen LogP contribution in [-0.4, -0.2) is 36.6 Å². The van der Waals surface area contributed by atoms with Gasteiger partial charge in [-0.25, -0.2) is 0 Å². The van der Waals surface area contributed by atoms with Crippen LogP contribution in [0.4, 0.5) is 0 Å². The molecule has 0 fully saturated rings. The Labute approximate surface area is 119 Å². The van der Waals surface area contributed by atoms with Crippen molar-refractivity contribution in [3.63, 3.8) is 0 Å². The van der Waals surface area contributed by atoms with Gasteiger partial charge in [0.1, 0.15) is 12.4 Å². The molecule has 3 N–H and O–H groups in total. The quantitative estimate of drug-likeness (QED) is 0.676. The first-order valence-corrected chi connectivity index (χ1v) is 7.62. The normalized spacial score (nSPS) is 11.9. The molecule has 0 spiro atoms. The van der Waals surface area contributed by atoms with Crippen LogP contribution in [-0.2, 0) is 4.79 Å². The Morgan fingerprint density at radius 1 is 1.42 bits per heavy atom. The van der Waals surface area contributed by atoms with E-state index in [4.69, 9.17) is 10.5 Å². The maximum absolute atomic E-state index is 11.5. The van der Waals surface area contributed by atoms with Crippen LogP contribution in [0.25, 0.3) is 0 Å². The maximum atomic E-state index is 11.5. The minimum atomic E-state index is 0.0475. The summed E-state index contributed by atoms with van der Waals surface area (Å²) in [5, 5.41) is 2.83. The van der Waals surface area contributed by atoms with Crippen LogP contribution in [0.15, 0.2) is 30.3 Å². The van der Waals surface area contributed by atoms with Gasteiger partial charge in [0, 0.05) is 6.04 Å². The molecular formula is C14H22N2O2S. The Bertz CT molecular complexity index is 358. The smallest absolute Gasteiger partial charge is 0.230 e. The van der Waals surface area contributed by atoms with E-state index >= 15 is 0 Å². The van der Waals surface area contributed by atoms with Gasteiger partial charge in [-0.3, -0.25) is 4.79 Å². The third-order valence-corrected chi connectivity index (χ3v) is 3.38. The summed E-state index contributed by atoms with van der Waals surface area (Å²) in [6, 6.07) is 9.77. The number of ether oxygens (including phenoxy) is 1. The topological polar surface area (TPSA) is 64.4 Å². The number of thioether (sulfide) groups is 1. The van der Waals surface area contributed by atoms with Crippen LogP contribution >= 0.6 is 11.8 Å². The largest absolute Gasteiger partial charge is 0.492 e. The summed E-state index contributed by atoms with van der Waals surface area (Å²) >= 11 is 1.61. The molecule has 0 heterocycles. The summed E-state index contributed by atoms with van der Waals surface area (Å²) in [6.07, 6.45) is 0.940. The van der Waals surface area contributed by atoms with Crippen LogP contribution in [0.3, 0.4) is 0 Å². The van der Waals surface area contributed by atoms with Crippen molar-refractivity contribution in [2.24, 2.45) is 5.73 Å². The highest BCUT2D eigenvalue weighted by atomic mass is 32.2. The molecule has 0 aliphatic rings. The zero-order valence-electron chi connectivity index (χ0n) is 11.3. The van der Waals surface area contributed by atoms with E-state index in [9.17, 15) is 4.79 Å². The van der Waals surface area contributed by atoms with E-state index in [1.807, 2.05) is 37.3 Å². The van der Waals surface area contributed by atoms with E-state index in [1.54, 1.807) is 11.8 Å². The number of para-hydroxylation sites is 1. The van der Waals surface area contributed by atoms with E-state index in [2.05, 4.69) is 5.32 Å². The fraction of sp³-hybridized carbons (Fsp3) is 0.500. The van der Waals surface area contributed by atoms with Gasteiger partial charge in [-0.15, -0.1) is 0 Å². The van der Waals surface area contributed by atoms with Crippen molar-refractivity contribution in [1.82, 2.24) is 5.32 Å². The number of nitrogens with one attached hydrogen (secondary N) is 1. The maximum Gasteiger partial charge on any atom is 0.230 e. The van der Waals surface area contributed by atoms with Gasteiger partial charge in [0.15, 0.2) is 0 Å². The third-order valence-electron chi connectivity index (χ3n) is 2.39. The highest BCUT2D eigenvalue weighted by Gasteiger charge is 2.01. The van der Waals surface area contributed by atoms with Gasteiger partial charge in [0.25, 0.3) is 0 Å². The van der Waals surface area contributed by atoms with Gasteiger partial charge in [0.05, 0.1) is 12.3 Å². The zero-order valence-corrected chi connectivity index (χ0v) is 12.1. The van der Waals surface area contributed by atoms with Crippen molar-refractivity contribution in [3.05, 3.63) is 30.3 Å². The second-order valence-corrected chi connectivity index (χ2v) is 5.44. The number of amides is 1. The molecule has 1 aromatic rings. The number of rotatable bonds is 9. The molecule has 1 rings (SSSR count).